The van der Waals surface area contributed by atoms with Gasteiger partial charge in [0.15, 0.2) is 5.11 Å². The van der Waals surface area contributed by atoms with Gasteiger partial charge in [0.1, 0.15) is 22.7 Å². The molecule has 2 heterocycles. The number of rotatable bonds is 4. The molecule has 0 aliphatic carbocycles. The number of nitrogens with two attached hydrogens (primary N) is 2. The Morgan fingerprint density at radius 1 is 1.05 bits per heavy atom. The molecular formula is C22H33BCl3N6O7S. The number of alkyl halides is 1. The molecule has 223 valence electrons. The third-order valence-corrected chi connectivity index (χ3v) is 4.86. The van der Waals surface area contributed by atoms with Crippen molar-refractivity contribution in [1.29, 1.82) is 0 Å². The van der Waals surface area contributed by atoms with Gasteiger partial charge in [0, 0.05) is 30.9 Å². The number of nitrogens with zero attached hydrogens (tertiary/aromatic N) is 2. The molecule has 0 saturated heterocycles. The van der Waals surface area contributed by atoms with Crippen molar-refractivity contribution in [3.8, 4) is 0 Å². The number of aromatic nitrogens is 4. The molecule has 0 spiro atoms. The summed E-state index contributed by atoms with van der Waals surface area (Å²) in [5, 5.41) is 8.22. The van der Waals surface area contributed by atoms with Gasteiger partial charge >= 0.3 is 17.6 Å². The van der Waals surface area contributed by atoms with E-state index < -0.39 is 23.5 Å². The van der Waals surface area contributed by atoms with E-state index in [0.717, 1.165) is 11.3 Å². The molecule has 0 aliphatic rings. The predicted octanol–water partition coefficient (Wildman–Crippen LogP) is 1.97. The first-order valence-corrected chi connectivity index (χ1v) is 12.5. The van der Waals surface area contributed by atoms with Crippen molar-refractivity contribution in [2.45, 2.75) is 48.5 Å². The molecule has 2 rings (SSSR count). The van der Waals surface area contributed by atoms with Crippen LogP contribution in [0.1, 0.15) is 43.3 Å². The second kappa shape index (κ2) is 23.8. The van der Waals surface area contributed by atoms with Crippen LogP contribution in [0.2, 0.25) is 10.4 Å². The summed E-state index contributed by atoms with van der Waals surface area (Å²) in [7, 11) is 0. The number of carbonyl (C=O) groups excluding carboxylic acids is 2. The molecule has 0 amide bonds. The Balaban J connectivity index is -0.000000210. The number of aliphatic carboxylic acids is 1. The number of aryl methyl sites for hydroxylation is 2. The molecule has 2 aromatic rings. The van der Waals surface area contributed by atoms with Gasteiger partial charge < -0.3 is 26.3 Å². The third-order valence-electron chi connectivity index (χ3n) is 4.10. The van der Waals surface area contributed by atoms with Crippen LogP contribution >= 0.6 is 47.0 Å². The summed E-state index contributed by atoms with van der Waals surface area (Å²) in [4.78, 5) is 64.1. The summed E-state index contributed by atoms with van der Waals surface area (Å²) >= 11 is 20.0. The van der Waals surface area contributed by atoms with Gasteiger partial charge in [0.05, 0.1) is 6.61 Å². The molecule has 40 heavy (non-hydrogen) atoms. The fourth-order valence-electron chi connectivity index (χ4n) is 1.66. The van der Waals surface area contributed by atoms with E-state index in [0.29, 0.717) is 23.0 Å². The quantitative estimate of drug-likeness (QED) is 0.0614. The van der Waals surface area contributed by atoms with Gasteiger partial charge in [-0.2, -0.15) is 0 Å². The molecule has 18 heteroatoms. The minimum atomic E-state index is -0.980. The zero-order chi connectivity index (χ0) is 31.5. The number of thiocarbonyl (C=S) groups is 1. The van der Waals surface area contributed by atoms with Crippen molar-refractivity contribution in [2.24, 2.45) is 17.4 Å². The number of hydrogen-bond donors (Lipinski definition) is 5. The van der Waals surface area contributed by atoms with Crippen LogP contribution in [0.3, 0.4) is 0 Å². The number of hydrogen-bond acceptors (Lipinski definition) is 9. The Labute approximate surface area is 253 Å². The predicted molar refractivity (Wildman–Crippen MR) is 160 cm³/mol. The smallest absolute Gasteiger partial charge is 0.325 e. The second-order valence-electron chi connectivity index (χ2n) is 7.17. The molecule has 1 atom stereocenters. The Bertz CT molecular complexity index is 1200. The first-order chi connectivity index (χ1) is 17.8. The average Bonchev–Trinajstić information content (AvgIpc) is 2.81. The Hall–Kier alpha value is -3.01. The fourth-order valence-corrected chi connectivity index (χ4v) is 2.13. The van der Waals surface area contributed by atoms with Crippen molar-refractivity contribution in [3.63, 3.8) is 0 Å². The topological polar surface area (TPSA) is 224 Å². The minimum absolute atomic E-state index is 0. The van der Waals surface area contributed by atoms with Gasteiger partial charge in [-0.15, -0.1) is 11.6 Å². The van der Waals surface area contributed by atoms with Crippen LogP contribution in [0.25, 0.3) is 0 Å². The number of carboxylic acid groups (broad SMARTS) is 1. The van der Waals surface area contributed by atoms with E-state index in [-0.39, 0.29) is 36.0 Å². The lowest BCUT2D eigenvalue weighted by molar-refractivity contribution is -0.150. The number of Topliss-reactive ketones (excluding diaryl/α,β-unsaturated/α-hetero) is 1. The molecule has 2 aromatic heterocycles. The largest absolute Gasteiger partial charge is 0.480 e. The summed E-state index contributed by atoms with van der Waals surface area (Å²) < 4.78 is 4.61. The highest BCUT2D eigenvalue weighted by atomic mass is 35.5. The maximum absolute atomic E-state index is 10.8. The lowest BCUT2D eigenvalue weighted by atomic mass is 10.1. The monoisotopic (exact) mass is 641 g/mol. The zero-order valence-electron chi connectivity index (χ0n) is 23.1. The summed E-state index contributed by atoms with van der Waals surface area (Å²) in [6.45, 7) is 12.0. The molecule has 0 aliphatic heterocycles. The van der Waals surface area contributed by atoms with Crippen molar-refractivity contribution in [3.05, 3.63) is 53.8 Å². The van der Waals surface area contributed by atoms with E-state index in [9.17, 15) is 24.0 Å². The highest BCUT2D eigenvalue weighted by Gasteiger charge is 2.17. The molecule has 1 unspecified atom stereocenters. The molecular weight excluding hydrogens is 610 g/mol. The lowest BCUT2D eigenvalue weighted by Crippen LogP contribution is -2.25. The standard InChI is InChI=1S/C7H12O3.C6H6Cl2N2.C6H8N2O2.C2H3ClO2.CH4N2S.B/c1-4-10-7(9)5(2)6(3)8;1-3-4(2)9-6(8)10-5(3)7;1-3-4(2)7-6(10)8-5(3)9;3-1-2(4)5;2-1(3)4;/h5H,4H2,1-3H3;1-2H3;1-2H3,(H2,7,8,9,10);1H2,(H,4,5);(H4,2,3,4);. The summed E-state index contributed by atoms with van der Waals surface area (Å²) in [5.41, 5.74) is 11.4. The SMILES string of the molecule is CCOC(=O)C(C)C(C)=O.Cc1[nH]c(=O)[nH]c(=O)c1C.Cc1nc(Cl)nc(Cl)c1C.NC(N)=S.O=C(O)CCl.[B]. The number of aromatic amines is 2. The van der Waals surface area contributed by atoms with Crippen LogP contribution in [0.15, 0.2) is 9.59 Å². The van der Waals surface area contributed by atoms with E-state index in [2.05, 4.69) is 48.4 Å². The minimum Gasteiger partial charge on any atom is -0.480 e. The van der Waals surface area contributed by atoms with Crippen LogP contribution in [-0.2, 0) is 19.1 Å². The van der Waals surface area contributed by atoms with Crippen LogP contribution in [0.5, 0.6) is 0 Å². The number of H-pyrrole nitrogens is 2. The molecule has 0 aromatic carbocycles. The molecule has 3 radical (unpaired) electrons. The summed E-state index contributed by atoms with van der Waals surface area (Å²) in [5.74, 6) is -2.49. The maximum Gasteiger partial charge on any atom is 0.325 e. The van der Waals surface area contributed by atoms with Gasteiger partial charge in [0.25, 0.3) is 5.56 Å². The summed E-state index contributed by atoms with van der Waals surface area (Å²) in [6, 6.07) is 0. The van der Waals surface area contributed by atoms with Crippen molar-refractivity contribution < 1.29 is 24.2 Å². The van der Waals surface area contributed by atoms with Crippen LogP contribution in [0.4, 0.5) is 0 Å². The Morgan fingerprint density at radius 2 is 1.50 bits per heavy atom. The normalized spacial score (nSPS) is 9.55. The number of carboxylic acids is 1. The Kier molecular flexibility index (Phi) is 26.2. The van der Waals surface area contributed by atoms with E-state index in [4.69, 9.17) is 39.9 Å². The number of ether oxygens (including phenoxy) is 1. The first kappa shape index (κ1) is 44.0. The van der Waals surface area contributed by atoms with Crippen molar-refractivity contribution in [1.82, 2.24) is 19.9 Å². The summed E-state index contributed by atoms with van der Waals surface area (Å²) in [6.07, 6.45) is 0. The van der Waals surface area contributed by atoms with Crippen molar-refractivity contribution >= 4 is 78.3 Å². The van der Waals surface area contributed by atoms with Crippen molar-refractivity contribution in [2.75, 3.05) is 12.5 Å². The molecule has 7 N–H and O–H groups in total. The van der Waals surface area contributed by atoms with E-state index in [1.165, 1.54) is 6.92 Å². The highest BCUT2D eigenvalue weighted by molar-refractivity contribution is 7.80. The van der Waals surface area contributed by atoms with Crippen LogP contribution in [0, 0.1) is 33.6 Å². The van der Waals surface area contributed by atoms with E-state index in [1.807, 2.05) is 13.8 Å². The number of carbonyl (C=O) groups is 3. The van der Waals surface area contributed by atoms with Gasteiger partial charge in [-0.05, 0) is 72.3 Å². The van der Waals surface area contributed by atoms with E-state index in [1.54, 1.807) is 27.7 Å². The molecule has 0 fully saturated rings. The average molecular weight is 643 g/mol. The molecule has 13 nitrogen and oxygen atoms in total. The van der Waals surface area contributed by atoms with Gasteiger partial charge in [-0.25, -0.2) is 14.8 Å². The molecule has 0 bridgehead atoms. The van der Waals surface area contributed by atoms with Gasteiger partial charge in [0.2, 0.25) is 5.28 Å². The third kappa shape index (κ3) is 22.9. The lowest BCUT2D eigenvalue weighted by Gasteiger charge is -2.04. The van der Waals surface area contributed by atoms with E-state index >= 15 is 0 Å². The van der Waals surface area contributed by atoms with Gasteiger partial charge in [-0.3, -0.25) is 24.2 Å². The fraction of sp³-hybridized carbons (Fsp3) is 0.455. The van der Waals surface area contributed by atoms with Crippen LogP contribution in [-0.4, -0.2) is 68.8 Å². The molecule has 0 saturated carbocycles. The van der Waals surface area contributed by atoms with Gasteiger partial charge in [-0.1, -0.05) is 11.6 Å². The first-order valence-electron chi connectivity index (χ1n) is 10.8. The Morgan fingerprint density at radius 3 is 1.82 bits per heavy atom. The second-order valence-corrected chi connectivity index (χ2v) is 8.60. The number of esters is 1. The number of nitrogens with one attached hydrogen (secondary N) is 2. The van der Waals surface area contributed by atoms with Crippen LogP contribution < -0.4 is 22.7 Å². The number of halogens is 3. The highest BCUT2D eigenvalue weighted by Crippen LogP contribution is 2.16. The number of ketones is 1. The zero-order valence-corrected chi connectivity index (χ0v) is 26.1. The maximum atomic E-state index is 10.8.